The summed E-state index contributed by atoms with van der Waals surface area (Å²) in [5.74, 6) is 3.07. The van der Waals surface area contributed by atoms with Crippen molar-refractivity contribution in [1.29, 1.82) is 0 Å². The van der Waals surface area contributed by atoms with Gasteiger partial charge < -0.3 is 20.4 Å². The van der Waals surface area contributed by atoms with Gasteiger partial charge in [0.1, 0.15) is 11.6 Å². The topological polar surface area (TPSA) is 68.7 Å². The first kappa shape index (κ1) is 22.4. The Labute approximate surface area is 192 Å². The highest BCUT2D eigenvalue weighted by Gasteiger charge is 2.20. The summed E-state index contributed by atoms with van der Waals surface area (Å²) in [5.41, 5.74) is 1.21. The van der Waals surface area contributed by atoms with E-state index in [1.54, 1.807) is 0 Å². The van der Waals surface area contributed by atoms with Crippen molar-refractivity contribution in [3.8, 4) is 0 Å². The predicted octanol–water partition coefficient (Wildman–Crippen LogP) is 3.58. The Balaban J connectivity index is 1.33. The van der Waals surface area contributed by atoms with Gasteiger partial charge in [-0.25, -0.2) is 15.0 Å². The lowest BCUT2D eigenvalue weighted by Gasteiger charge is -2.33. The Morgan fingerprint density at radius 2 is 1.69 bits per heavy atom. The summed E-state index contributed by atoms with van der Waals surface area (Å²) in [5, 5.41) is 7.07. The molecule has 7 nitrogen and oxygen atoms in total. The minimum atomic E-state index is 0.429. The Morgan fingerprint density at radius 1 is 0.938 bits per heavy atom. The minimum absolute atomic E-state index is 0.429. The Kier molecular flexibility index (Phi) is 8.17. The van der Waals surface area contributed by atoms with Crippen molar-refractivity contribution in [2.45, 2.75) is 58.0 Å². The van der Waals surface area contributed by atoms with E-state index in [-0.39, 0.29) is 0 Å². The number of pyridine rings is 2. The second kappa shape index (κ2) is 11.7. The van der Waals surface area contributed by atoms with Gasteiger partial charge in [-0.3, -0.25) is 0 Å². The molecule has 0 spiro atoms. The standard InChI is InChI=1S/C25H37N7/c1-2-26-25(30-22-11-17-32(18-12-22)23-9-5-6-13-27-23)29-20-21-10-14-28-24(19-21)31-15-7-3-4-8-16-31/h5-6,9-10,13-14,19,22H,2-4,7-8,11-12,15-18,20H2,1H3,(H2,26,29,30). The van der Waals surface area contributed by atoms with Crippen LogP contribution in [0, 0.1) is 0 Å². The molecule has 4 heterocycles. The molecule has 0 aliphatic carbocycles. The van der Waals surface area contributed by atoms with Crippen LogP contribution >= 0.6 is 0 Å². The van der Waals surface area contributed by atoms with Crippen molar-refractivity contribution in [2.75, 3.05) is 42.5 Å². The summed E-state index contributed by atoms with van der Waals surface area (Å²) in [4.78, 5) is 18.8. The minimum Gasteiger partial charge on any atom is -0.357 e. The van der Waals surface area contributed by atoms with Gasteiger partial charge in [0.15, 0.2) is 5.96 Å². The maximum atomic E-state index is 4.88. The molecule has 7 heteroatoms. The van der Waals surface area contributed by atoms with Gasteiger partial charge in [0.2, 0.25) is 0 Å². The van der Waals surface area contributed by atoms with Gasteiger partial charge in [-0.15, -0.1) is 0 Å². The molecule has 0 radical (unpaired) electrons. The van der Waals surface area contributed by atoms with E-state index in [1.165, 1.54) is 31.2 Å². The van der Waals surface area contributed by atoms with Crippen LogP contribution in [0.25, 0.3) is 0 Å². The summed E-state index contributed by atoms with van der Waals surface area (Å²) in [6, 6.07) is 10.8. The number of hydrogen-bond acceptors (Lipinski definition) is 5. The molecule has 4 rings (SSSR count). The van der Waals surface area contributed by atoms with Gasteiger partial charge in [-0.1, -0.05) is 18.9 Å². The monoisotopic (exact) mass is 435 g/mol. The van der Waals surface area contributed by atoms with Crippen LogP contribution in [-0.2, 0) is 6.54 Å². The number of rotatable bonds is 6. The second-order valence-corrected chi connectivity index (χ2v) is 8.71. The highest BCUT2D eigenvalue weighted by Crippen LogP contribution is 2.19. The lowest BCUT2D eigenvalue weighted by Crippen LogP contribution is -2.48. The highest BCUT2D eigenvalue weighted by molar-refractivity contribution is 5.80. The third-order valence-corrected chi connectivity index (χ3v) is 6.31. The average molecular weight is 436 g/mol. The van der Waals surface area contributed by atoms with Gasteiger partial charge in [0.05, 0.1) is 6.54 Å². The molecule has 172 valence electrons. The molecule has 0 aromatic carbocycles. The number of nitrogens with one attached hydrogen (secondary N) is 2. The first-order chi connectivity index (χ1) is 15.8. The molecule has 2 aromatic heterocycles. The molecule has 2 saturated heterocycles. The predicted molar refractivity (Wildman–Crippen MR) is 132 cm³/mol. The molecule has 2 aromatic rings. The van der Waals surface area contributed by atoms with Crippen LogP contribution in [0.15, 0.2) is 47.7 Å². The molecule has 2 aliphatic rings. The Bertz CT molecular complexity index is 838. The SMILES string of the molecule is CCNC(=NCc1ccnc(N2CCCCCC2)c1)NC1CCN(c2ccccn2)CC1. The van der Waals surface area contributed by atoms with E-state index >= 15 is 0 Å². The molecular weight excluding hydrogens is 398 g/mol. The molecule has 2 aliphatic heterocycles. The van der Waals surface area contributed by atoms with E-state index in [1.807, 2.05) is 18.5 Å². The van der Waals surface area contributed by atoms with E-state index in [4.69, 9.17) is 4.99 Å². The number of aliphatic imine (C=N–C) groups is 1. The van der Waals surface area contributed by atoms with Crippen molar-refractivity contribution in [1.82, 2.24) is 20.6 Å². The zero-order valence-corrected chi connectivity index (χ0v) is 19.3. The Hall–Kier alpha value is -2.83. The first-order valence-electron chi connectivity index (χ1n) is 12.2. The van der Waals surface area contributed by atoms with Gasteiger partial charge >= 0.3 is 0 Å². The number of hydrogen-bond donors (Lipinski definition) is 2. The fraction of sp³-hybridized carbons (Fsp3) is 0.560. The normalized spacial score (nSPS) is 18.3. The number of nitrogens with zero attached hydrogens (tertiary/aromatic N) is 5. The van der Waals surface area contributed by atoms with Crippen LogP contribution < -0.4 is 20.4 Å². The largest absolute Gasteiger partial charge is 0.357 e. The van der Waals surface area contributed by atoms with E-state index in [0.29, 0.717) is 12.6 Å². The lowest BCUT2D eigenvalue weighted by molar-refractivity contribution is 0.459. The van der Waals surface area contributed by atoms with E-state index < -0.39 is 0 Å². The quantitative estimate of drug-likeness (QED) is 0.534. The zero-order chi connectivity index (χ0) is 22.0. The van der Waals surface area contributed by atoms with Crippen molar-refractivity contribution in [2.24, 2.45) is 4.99 Å². The number of piperidine rings is 1. The number of anilines is 2. The number of guanidine groups is 1. The van der Waals surface area contributed by atoms with Crippen molar-refractivity contribution < 1.29 is 0 Å². The summed E-state index contributed by atoms with van der Waals surface area (Å²) in [7, 11) is 0. The van der Waals surface area contributed by atoms with Gasteiger partial charge in [0, 0.05) is 51.2 Å². The average Bonchev–Trinajstić information content (AvgIpc) is 3.14. The Morgan fingerprint density at radius 3 is 2.41 bits per heavy atom. The molecule has 32 heavy (non-hydrogen) atoms. The summed E-state index contributed by atoms with van der Waals surface area (Å²) >= 11 is 0. The molecule has 0 atom stereocenters. The molecule has 0 amide bonds. The van der Waals surface area contributed by atoms with Gasteiger partial charge in [-0.05, 0) is 62.4 Å². The van der Waals surface area contributed by atoms with Crippen LogP contribution in [0.2, 0.25) is 0 Å². The van der Waals surface area contributed by atoms with Crippen LogP contribution in [0.1, 0.15) is 51.0 Å². The van der Waals surface area contributed by atoms with Crippen molar-refractivity contribution in [3.63, 3.8) is 0 Å². The highest BCUT2D eigenvalue weighted by atomic mass is 15.2. The first-order valence-corrected chi connectivity index (χ1v) is 12.2. The molecule has 2 fully saturated rings. The molecule has 0 saturated carbocycles. The smallest absolute Gasteiger partial charge is 0.191 e. The van der Waals surface area contributed by atoms with E-state index in [0.717, 1.165) is 63.2 Å². The number of aromatic nitrogens is 2. The zero-order valence-electron chi connectivity index (χ0n) is 19.3. The lowest BCUT2D eigenvalue weighted by atomic mass is 10.1. The summed E-state index contributed by atoms with van der Waals surface area (Å²) in [6.07, 6.45) is 11.1. The fourth-order valence-electron chi connectivity index (χ4n) is 4.51. The van der Waals surface area contributed by atoms with Crippen LogP contribution in [0.4, 0.5) is 11.6 Å². The van der Waals surface area contributed by atoms with Gasteiger partial charge in [0.25, 0.3) is 0 Å². The van der Waals surface area contributed by atoms with Crippen LogP contribution in [0.3, 0.4) is 0 Å². The van der Waals surface area contributed by atoms with Gasteiger partial charge in [-0.2, -0.15) is 0 Å². The van der Waals surface area contributed by atoms with Crippen LogP contribution in [-0.4, -0.2) is 54.7 Å². The van der Waals surface area contributed by atoms with Crippen molar-refractivity contribution >= 4 is 17.6 Å². The maximum Gasteiger partial charge on any atom is 0.191 e. The molecular formula is C25H37N7. The summed E-state index contributed by atoms with van der Waals surface area (Å²) in [6.45, 7) is 7.88. The maximum absolute atomic E-state index is 4.88. The third kappa shape index (κ3) is 6.34. The fourth-order valence-corrected chi connectivity index (χ4v) is 4.51. The molecule has 0 bridgehead atoms. The van der Waals surface area contributed by atoms with E-state index in [9.17, 15) is 0 Å². The van der Waals surface area contributed by atoms with Crippen molar-refractivity contribution in [3.05, 3.63) is 48.3 Å². The summed E-state index contributed by atoms with van der Waals surface area (Å²) < 4.78 is 0. The molecule has 2 N–H and O–H groups in total. The second-order valence-electron chi connectivity index (χ2n) is 8.71. The third-order valence-electron chi connectivity index (χ3n) is 6.31. The van der Waals surface area contributed by atoms with E-state index in [2.05, 4.69) is 61.6 Å². The molecule has 0 unspecified atom stereocenters. The van der Waals surface area contributed by atoms with Crippen LogP contribution in [0.5, 0.6) is 0 Å².